The lowest BCUT2D eigenvalue weighted by Gasteiger charge is -2.20. The van der Waals surface area contributed by atoms with Gasteiger partial charge >= 0.3 is 0 Å². The second-order valence-electron chi connectivity index (χ2n) is 4.31. The number of aryl methyl sites for hydroxylation is 1. The van der Waals surface area contributed by atoms with E-state index in [0.29, 0.717) is 6.42 Å². The van der Waals surface area contributed by atoms with Crippen LogP contribution >= 0.6 is 0 Å². The van der Waals surface area contributed by atoms with E-state index in [9.17, 15) is 5.11 Å². The van der Waals surface area contributed by atoms with E-state index in [4.69, 9.17) is 5.11 Å². The van der Waals surface area contributed by atoms with Crippen molar-refractivity contribution in [3.8, 4) is 0 Å². The van der Waals surface area contributed by atoms with Crippen LogP contribution in [0.25, 0.3) is 0 Å². The number of benzene rings is 1. The highest BCUT2D eigenvalue weighted by Gasteiger charge is 2.24. The van der Waals surface area contributed by atoms with E-state index in [1.165, 1.54) is 5.56 Å². The normalized spacial score (nSPS) is 25.7. The standard InChI is InChI=1S/C13H18O2/c14-9-8-11-6-3-5-10-4-1-2-7-12(10)13(11)15/h1-2,4,7,11,13-15H,3,5-6,8-9H2. The van der Waals surface area contributed by atoms with Gasteiger partial charge in [-0.3, -0.25) is 0 Å². The predicted molar refractivity (Wildman–Crippen MR) is 59.5 cm³/mol. The largest absolute Gasteiger partial charge is 0.396 e. The van der Waals surface area contributed by atoms with Gasteiger partial charge in [0.25, 0.3) is 0 Å². The van der Waals surface area contributed by atoms with Gasteiger partial charge in [0.15, 0.2) is 0 Å². The fourth-order valence-corrected chi connectivity index (χ4v) is 2.48. The number of aliphatic hydroxyl groups excluding tert-OH is 2. The molecule has 2 atom stereocenters. The first-order chi connectivity index (χ1) is 7.33. The van der Waals surface area contributed by atoms with Crippen molar-refractivity contribution in [3.63, 3.8) is 0 Å². The minimum Gasteiger partial charge on any atom is -0.396 e. The van der Waals surface area contributed by atoms with Gasteiger partial charge in [0.05, 0.1) is 6.10 Å². The molecule has 0 heterocycles. The van der Waals surface area contributed by atoms with Gasteiger partial charge in [-0.2, -0.15) is 0 Å². The van der Waals surface area contributed by atoms with E-state index < -0.39 is 6.10 Å². The number of hydrogen-bond acceptors (Lipinski definition) is 2. The highest BCUT2D eigenvalue weighted by Crippen LogP contribution is 2.34. The van der Waals surface area contributed by atoms with Crippen LogP contribution in [0.3, 0.4) is 0 Å². The maximum Gasteiger partial charge on any atom is 0.0821 e. The van der Waals surface area contributed by atoms with Crippen molar-refractivity contribution in [2.75, 3.05) is 6.61 Å². The van der Waals surface area contributed by atoms with Crippen LogP contribution < -0.4 is 0 Å². The van der Waals surface area contributed by atoms with Crippen LogP contribution in [-0.2, 0) is 6.42 Å². The summed E-state index contributed by atoms with van der Waals surface area (Å²) in [5.41, 5.74) is 2.33. The van der Waals surface area contributed by atoms with Crippen molar-refractivity contribution in [3.05, 3.63) is 35.4 Å². The van der Waals surface area contributed by atoms with Crippen molar-refractivity contribution >= 4 is 0 Å². The highest BCUT2D eigenvalue weighted by atomic mass is 16.3. The van der Waals surface area contributed by atoms with Crippen molar-refractivity contribution in [1.29, 1.82) is 0 Å². The minimum absolute atomic E-state index is 0.171. The quantitative estimate of drug-likeness (QED) is 0.727. The molecule has 0 amide bonds. The number of aliphatic hydroxyl groups is 2. The van der Waals surface area contributed by atoms with Gasteiger partial charge in [-0.05, 0) is 42.7 Å². The van der Waals surface area contributed by atoms with Gasteiger partial charge in [-0.1, -0.05) is 24.3 Å². The Labute approximate surface area is 90.6 Å². The zero-order chi connectivity index (χ0) is 10.7. The summed E-state index contributed by atoms with van der Waals surface area (Å²) in [6.07, 6.45) is 3.48. The van der Waals surface area contributed by atoms with E-state index in [0.717, 1.165) is 24.8 Å². The highest BCUT2D eigenvalue weighted by molar-refractivity contribution is 5.30. The molecule has 82 valence electrons. The third-order valence-electron chi connectivity index (χ3n) is 3.34. The van der Waals surface area contributed by atoms with Gasteiger partial charge in [0.2, 0.25) is 0 Å². The van der Waals surface area contributed by atoms with Crippen LogP contribution in [-0.4, -0.2) is 16.8 Å². The van der Waals surface area contributed by atoms with Gasteiger partial charge in [-0.15, -0.1) is 0 Å². The Morgan fingerprint density at radius 2 is 2.07 bits per heavy atom. The number of rotatable bonds is 2. The topological polar surface area (TPSA) is 40.5 Å². The van der Waals surface area contributed by atoms with Gasteiger partial charge in [0.1, 0.15) is 0 Å². The molecule has 2 nitrogen and oxygen atoms in total. The molecule has 0 radical (unpaired) electrons. The van der Waals surface area contributed by atoms with Crippen LogP contribution in [0.1, 0.15) is 36.5 Å². The maximum absolute atomic E-state index is 10.2. The predicted octanol–water partition coefficient (Wildman–Crippen LogP) is 2.05. The second kappa shape index (κ2) is 4.77. The Bertz CT molecular complexity index is 322. The molecule has 15 heavy (non-hydrogen) atoms. The average Bonchev–Trinajstić information content (AvgIpc) is 2.41. The van der Waals surface area contributed by atoms with Crippen LogP contribution in [0.5, 0.6) is 0 Å². The lowest BCUT2D eigenvalue weighted by atomic mass is 9.91. The molecule has 1 aliphatic rings. The van der Waals surface area contributed by atoms with Crippen molar-refractivity contribution in [2.24, 2.45) is 5.92 Å². The van der Waals surface area contributed by atoms with Crippen molar-refractivity contribution < 1.29 is 10.2 Å². The summed E-state index contributed by atoms with van der Waals surface area (Å²) >= 11 is 0. The Hall–Kier alpha value is -0.860. The van der Waals surface area contributed by atoms with E-state index in [2.05, 4.69) is 6.07 Å². The van der Waals surface area contributed by atoms with E-state index in [1.54, 1.807) is 0 Å². The molecule has 1 aromatic carbocycles. The van der Waals surface area contributed by atoms with Gasteiger partial charge in [-0.25, -0.2) is 0 Å². The minimum atomic E-state index is -0.393. The molecule has 0 fully saturated rings. The number of fused-ring (bicyclic) bond motifs is 1. The summed E-state index contributed by atoms with van der Waals surface area (Å²) < 4.78 is 0. The monoisotopic (exact) mass is 206 g/mol. The molecule has 2 heteroatoms. The first kappa shape index (κ1) is 10.7. The summed E-state index contributed by atoms with van der Waals surface area (Å²) in [6.45, 7) is 0.171. The molecule has 2 rings (SSSR count). The SMILES string of the molecule is OCCC1CCCc2ccccc2C1O. The zero-order valence-electron chi connectivity index (χ0n) is 8.89. The van der Waals surface area contributed by atoms with Crippen LogP contribution in [0.2, 0.25) is 0 Å². The summed E-state index contributed by atoms with van der Waals surface area (Å²) in [4.78, 5) is 0. The Balaban J connectivity index is 2.26. The molecule has 0 bridgehead atoms. The number of hydrogen-bond donors (Lipinski definition) is 2. The van der Waals surface area contributed by atoms with E-state index in [-0.39, 0.29) is 12.5 Å². The Morgan fingerprint density at radius 1 is 1.27 bits per heavy atom. The second-order valence-corrected chi connectivity index (χ2v) is 4.31. The van der Waals surface area contributed by atoms with E-state index in [1.807, 2.05) is 18.2 Å². The van der Waals surface area contributed by atoms with Crippen LogP contribution in [0.4, 0.5) is 0 Å². The molecule has 2 N–H and O–H groups in total. The molecule has 0 aliphatic heterocycles. The summed E-state index contributed by atoms with van der Waals surface area (Å²) in [6, 6.07) is 8.11. The first-order valence-corrected chi connectivity index (χ1v) is 5.69. The lowest BCUT2D eigenvalue weighted by molar-refractivity contribution is 0.0863. The van der Waals surface area contributed by atoms with Crippen molar-refractivity contribution in [1.82, 2.24) is 0 Å². The molecule has 0 saturated carbocycles. The Morgan fingerprint density at radius 3 is 2.87 bits per heavy atom. The molecule has 0 spiro atoms. The average molecular weight is 206 g/mol. The van der Waals surface area contributed by atoms with Crippen LogP contribution in [0.15, 0.2) is 24.3 Å². The first-order valence-electron chi connectivity index (χ1n) is 5.69. The molecule has 0 aromatic heterocycles. The smallest absolute Gasteiger partial charge is 0.0821 e. The van der Waals surface area contributed by atoms with E-state index >= 15 is 0 Å². The molecular weight excluding hydrogens is 188 g/mol. The van der Waals surface area contributed by atoms with Crippen molar-refractivity contribution in [2.45, 2.75) is 31.8 Å². The van der Waals surface area contributed by atoms with Crippen LogP contribution in [0, 0.1) is 5.92 Å². The summed E-state index contributed by atoms with van der Waals surface area (Å²) in [7, 11) is 0. The fourth-order valence-electron chi connectivity index (χ4n) is 2.48. The third kappa shape index (κ3) is 2.21. The molecule has 1 aromatic rings. The molecule has 1 aliphatic carbocycles. The molecular formula is C13H18O2. The lowest BCUT2D eigenvalue weighted by Crippen LogP contribution is -2.13. The van der Waals surface area contributed by atoms with Gasteiger partial charge in [0, 0.05) is 6.61 Å². The fraction of sp³-hybridized carbons (Fsp3) is 0.538. The molecule has 0 saturated heterocycles. The Kier molecular flexibility index (Phi) is 3.39. The molecule has 2 unspecified atom stereocenters. The summed E-state index contributed by atoms with van der Waals surface area (Å²) in [5.74, 6) is 0.221. The summed E-state index contributed by atoms with van der Waals surface area (Å²) in [5, 5.41) is 19.2. The maximum atomic E-state index is 10.2. The third-order valence-corrected chi connectivity index (χ3v) is 3.34. The zero-order valence-corrected chi connectivity index (χ0v) is 8.89. The van der Waals surface area contributed by atoms with Gasteiger partial charge < -0.3 is 10.2 Å².